The summed E-state index contributed by atoms with van der Waals surface area (Å²) in [4.78, 5) is 32.4. The Bertz CT molecular complexity index is 1390. The molecule has 4 nitrogen and oxygen atoms in total. The quantitative estimate of drug-likeness (QED) is 0.248. The van der Waals surface area contributed by atoms with E-state index in [1.165, 1.54) is 0 Å². The van der Waals surface area contributed by atoms with Gasteiger partial charge >= 0.3 is 0 Å². The number of rotatable bonds is 0. The molecule has 5 aromatic rings. The highest BCUT2D eigenvalue weighted by molar-refractivity contribution is 14.1. The number of hydrogen-bond acceptors (Lipinski definition) is 2. The van der Waals surface area contributed by atoms with E-state index >= 15 is 0 Å². The number of benzene rings is 3. The van der Waals surface area contributed by atoms with Gasteiger partial charge in [0.1, 0.15) is 0 Å². The highest BCUT2D eigenvalue weighted by Crippen LogP contribution is 2.23. The molecule has 0 aliphatic carbocycles. The van der Waals surface area contributed by atoms with Crippen molar-refractivity contribution in [3.63, 3.8) is 0 Å². The van der Waals surface area contributed by atoms with Crippen LogP contribution in [0.15, 0.2) is 58.1 Å². The fourth-order valence-electron chi connectivity index (χ4n) is 3.39. The molecule has 0 aliphatic heterocycles. The van der Waals surface area contributed by atoms with Crippen molar-refractivity contribution in [3.8, 4) is 0 Å². The number of fused-ring (bicyclic) bond motifs is 4. The molecule has 0 spiro atoms. The van der Waals surface area contributed by atoms with E-state index in [9.17, 15) is 9.59 Å². The number of hydrogen-bond donors (Lipinski definition) is 2. The van der Waals surface area contributed by atoms with Gasteiger partial charge in [-0.05, 0) is 71.1 Å². The third-order valence-electron chi connectivity index (χ3n) is 4.64. The predicted molar refractivity (Wildman–Crippen MR) is 115 cm³/mol. The first-order valence-electron chi connectivity index (χ1n) is 7.92. The standard InChI is InChI=1S/C20H10ClIN2O2/c21-9-1-3-15-11(5-9)19(25)13-7-18-14(8-17(13)23-15)20(26)12-6-10(22)2-4-16(12)24-18/h1-8H,(H,23,25)(H,24,26). The first-order valence-corrected chi connectivity index (χ1v) is 9.37. The molecule has 0 radical (unpaired) electrons. The van der Waals surface area contributed by atoms with Crippen molar-refractivity contribution in [1.82, 2.24) is 9.97 Å². The van der Waals surface area contributed by atoms with Gasteiger partial charge in [-0.3, -0.25) is 9.59 Å². The summed E-state index contributed by atoms with van der Waals surface area (Å²) in [6.45, 7) is 0. The van der Waals surface area contributed by atoms with E-state index in [1.54, 1.807) is 30.3 Å². The zero-order chi connectivity index (χ0) is 18.0. The number of pyridine rings is 2. The van der Waals surface area contributed by atoms with Crippen LogP contribution >= 0.6 is 34.2 Å². The Balaban J connectivity index is 2.00. The molecule has 0 fully saturated rings. The summed E-state index contributed by atoms with van der Waals surface area (Å²) in [6, 6.07) is 14.3. The van der Waals surface area contributed by atoms with Crippen LogP contribution in [0.1, 0.15) is 0 Å². The van der Waals surface area contributed by atoms with Gasteiger partial charge in [0.05, 0.1) is 11.0 Å². The average molecular weight is 473 g/mol. The largest absolute Gasteiger partial charge is 0.354 e. The Kier molecular flexibility index (Phi) is 3.39. The Hall–Kier alpha value is -2.38. The lowest BCUT2D eigenvalue weighted by molar-refractivity contribution is 1.45. The third-order valence-corrected chi connectivity index (χ3v) is 5.54. The van der Waals surface area contributed by atoms with Crippen LogP contribution in [0.25, 0.3) is 43.6 Å². The molecule has 2 N–H and O–H groups in total. The second kappa shape index (κ2) is 5.56. The average Bonchev–Trinajstić information content (AvgIpc) is 2.63. The summed E-state index contributed by atoms with van der Waals surface area (Å²) >= 11 is 8.22. The van der Waals surface area contributed by atoms with Gasteiger partial charge < -0.3 is 9.97 Å². The SMILES string of the molecule is O=c1c2cc(Cl)ccc2[nH]c2cc3c(=O)c4cc(I)ccc4[nH]c3cc12. The topological polar surface area (TPSA) is 65.7 Å². The maximum Gasteiger partial charge on any atom is 0.197 e. The molecular weight excluding hydrogens is 463 g/mol. The lowest BCUT2D eigenvalue weighted by Crippen LogP contribution is -2.08. The molecule has 0 bridgehead atoms. The summed E-state index contributed by atoms with van der Waals surface area (Å²) < 4.78 is 0.997. The fourth-order valence-corrected chi connectivity index (χ4v) is 4.05. The summed E-state index contributed by atoms with van der Waals surface area (Å²) in [5.74, 6) is 0. The summed E-state index contributed by atoms with van der Waals surface area (Å²) in [5.41, 5.74) is 2.56. The van der Waals surface area contributed by atoms with E-state index < -0.39 is 0 Å². The van der Waals surface area contributed by atoms with Gasteiger partial charge in [0.2, 0.25) is 0 Å². The molecule has 0 atom stereocenters. The zero-order valence-corrected chi connectivity index (χ0v) is 16.1. The van der Waals surface area contributed by atoms with Crippen LogP contribution in [0.4, 0.5) is 0 Å². The van der Waals surface area contributed by atoms with Gasteiger partial charge in [-0.15, -0.1) is 0 Å². The van der Waals surface area contributed by atoms with Crippen LogP contribution in [-0.2, 0) is 0 Å². The second-order valence-electron chi connectivity index (χ2n) is 6.23. The first-order chi connectivity index (χ1) is 12.5. The number of halogens is 2. The molecule has 2 aromatic heterocycles. The molecule has 0 amide bonds. The van der Waals surface area contributed by atoms with E-state index in [4.69, 9.17) is 11.6 Å². The maximum atomic E-state index is 12.9. The number of H-pyrrole nitrogens is 2. The molecule has 0 saturated heterocycles. The summed E-state index contributed by atoms with van der Waals surface area (Å²) in [7, 11) is 0. The van der Waals surface area contributed by atoms with Crippen LogP contribution in [0.3, 0.4) is 0 Å². The van der Waals surface area contributed by atoms with Crippen molar-refractivity contribution < 1.29 is 0 Å². The molecule has 0 saturated carbocycles. The first kappa shape index (κ1) is 15.8. The minimum Gasteiger partial charge on any atom is -0.354 e. The molecular formula is C20H10ClIN2O2. The van der Waals surface area contributed by atoms with E-state index in [-0.39, 0.29) is 10.9 Å². The van der Waals surface area contributed by atoms with Crippen LogP contribution in [-0.4, -0.2) is 9.97 Å². The second-order valence-corrected chi connectivity index (χ2v) is 7.91. The smallest absolute Gasteiger partial charge is 0.197 e. The minimum atomic E-state index is -0.110. The molecule has 126 valence electrons. The van der Waals surface area contributed by atoms with Crippen molar-refractivity contribution in [2.45, 2.75) is 0 Å². The van der Waals surface area contributed by atoms with E-state index in [0.717, 1.165) is 9.09 Å². The van der Waals surface area contributed by atoms with Gasteiger partial charge in [-0.1, -0.05) is 11.6 Å². The highest BCUT2D eigenvalue weighted by Gasteiger charge is 2.11. The number of nitrogens with one attached hydrogen (secondary N) is 2. The van der Waals surface area contributed by atoms with Gasteiger partial charge in [0.15, 0.2) is 10.9 Å². The summed E-state index contributed by atoms with van der Waals surface area (Å²) in [6.07, 6.45) is 0. The van der Waals surface area contributed by atoms with Crippen molar-refractivity contribution in [1.29, 1.82) is 0 Å². The van der Waals surface area contributed by atoms with Crippen molar-refractivity contribution in [3.05, 3.63) is 77.6 Å². The molecule has 26 heavy (non-hydrogen) atoms. The van der Waals surface area contributed by atoms with Crippen LogP contribution in [0.5, 0.6) is 0 Å². The van der Waals surface area contributed by atoms with Crippen LogP contribution < -0.4 is 10.9 Å². The predicted octanol–water partition coefficient (Wildman–Crippen LogP) is 4.93. The third kappa shape index (κ3) is 2.27. The Labute approximate surface area is 164 Å². The van der Waals surface area contributed by atoms with Crippen LogP contribution in [0, 0.1) is 3.57 Å². The van der Waals surface area contributed by atoms with Crippen molar-refractivity contribution in [2.75, 3.05) is 0 Å². The van der Waals surface area contributed by atoms with Gasteiger partial charge in [0.25, 0.3) is 0 Å². The molecule has 0 aliphatic rings. The Morgan fingerprint density at radius 2 is 1.15 bits per heavy atom. The number of aromatic amines is 2. The maximum absolute atomic E-state index is 12.9. The van der Waals surface area contributed by atoms with Gasteiger partial charge in [0, 0.05) is 41.2 Å². The molecule has 2 heterocycles. The Morgan fingerprint density at radius 3 is 1.77 bits per heavy atom. The van der Waals surface area contributed by atoms with Gasteiger partial charge in [-0.25, -0.2) is 0 Å². The summed E-state index contributed by atoms with van der Waals surface area (Å²) in [5, 5.41) is 2.75. The Morgan fingerprint density at radius 1 is 0.654 bits per heavy atom. The van der Waals surface area contributed by atoms with E-state index in [2.05, 4.69) is 32.6 Å². The van der Waals surface area contributed by atoms with E-state index in [0.29, 0.717) is 43.1 Å². The molecule has 0 unspecified atom stereocenters. The molecule has 3 aromatic carbocycles. The molecule has 5 rings (SSSR count). The molecule has 6 heteroatoms. The van der Waals surface area contributed by atoms with Crippen LogP contribution in [0.2, 0.25) is 5.02 Å². The number of aromatic nitrogens is 2. The van der Waals surface area contributed by atoms with Gasteiger partial charge in [-0.2, -0.15) is 0 Å². The monoisotopic (exact) mass is 472 g/mol. The lowest BCUT2D eigenvalue weighted by atomic mass is 10.1. The van der Waals surface area contributed by atoms with E-state index in [1.807, 2.05) is 18.2 Å². The highest BCUT2D eigenvalue weighted by atomic mass is 127. The van der Waals surface area contributed by atoms with Crippen molar-refractivity contribution >= 4 is 77.8 Å². The fraction of sp³-hybridized carbons (Fsp3) is 0. The lowest BCUT2D eigenvalue weighted by Gasteiger charge is -2.07. The minimum absolute atomic E-state index is 0.0498. The normalized spacial score (nSPS) is 11.8. The van der Waals surface area contributed by atoms with Crippen molar-refractivity contribution in [2.24, 2.45) is 0 Å². The zero-order valence-electron chi connectivity index (χ0n) is 13.2.